The number of H-pyrrole nitrogens is 1. The number of nitrogens with one attached hydrogen (secondary N) is 1. The minimum atomic E-state index is -0.367. The van der Waals surface area contributed by atoms with E-state index in [9.17, 15) is 9.59 Å². The molecule has 0 spiro atoms. The fourth-order valence-electron chi connectivity index (χ4n) is 0.973. The predicted molar refractivity (Wildman–Crippen MR) is 62.2 cm³/mol. The summed E-state index contributed by atoms with van der Waals surface area (Å²) >= 11 is 0. The molecular formula is C11H18N2O2. The number of aromatic amines is 1. The molecule has 0 saturated carbocycles. The highest BCUT2D eigenvalue weighted by Crippen LogP contribution is 1.84. The van der Waals surface area contributed by atoms with Crippen molar-refractivity contribution in [1.82, 2.24) is 9.55 Å². The monoisotopic (exact) mass is 210 g/mol. The minimum absolute atomic E-state index is 0.318. The first-order valence-electron chi connectivity index (χ1n) is 5.06. The van der Waals surface area contributed by atoms with Crippen molar-refractivity contribution in [2.24, 2.45) is 0 Å². The van der Waals surface area contributed by atoms with E-state index in [1.165, 1.54) is 4.57 Å². The fourth-order valence-corrected chi connectivity index (χ4v) is 0.973. The van der Waals surface area contributed by atoms with Gasteiger partial charge in [0.05, 0.1) is 0 Å². The number of rotatable bonds is 2. The molecule has 1 heterocycles. The van der Waals surface area contributed by atoms with Gasteiger partial charge in [0.1, 0.15) is 0 Å². The zero-order valence-corrected chi connectivity index (χ0v) is 9.70. The quantitative estimate of drug-likeness (QED) is 0.751. The van der Waals surface area contributed by atoms with Crippen molar-refractivity contribution in [3.8, 4) is 0 Å². The third kappa shape index (κ3) is 3.97. The van der Waals surface area contributed by atoms with Gasteiger partial charge in [-0.05, 0) is 13.8 Å². The molecule has 4 nitrogen and oxygen atoms in total. The number of hydrogen-bond donors (Lipinski definition) is 1. The lowest BCUT2D eigenvalue weighted by molar-refractivity contribution is 0.728. The van der Waals surface area contributed by atoms with Crippen molar-refractivity contribution in [3.05, 3.63) is 44.8 Å². The Morgan fingerprint density at radius 3 is 2.53 bits per heavy atom. The molecule has 1 aromatic heterocycles. The van der Waals surface area contributed by atoms with Crippen LogP contribution in [0.15, 0.2) is 27.9 Å². The van der Waals surface area contributed by atoms with Crippen LogP contribution in [0.5, 0.6) is 0 Å². The van der Waals surface area contributed by atoms with Crippen LogP contribution < -0.4 is 11.2 Å². The topological polar surface area (TPSA) is 54.9 Å². The Hall–Kier alpha value is -1.58. The molecule has 4 heteroatoms. The van der Waals surface area contributed by atoms with E-state index in [1.54, 1.807) is 13.1 Å². The van der Waals surface area contributed by atoms with Crippen LogP contribution in [0.4, 0.5) is 0 Å². The summed E-state index contributed by atoms with van der Waals surface area (Å²) < 4.78 is 1.46. The van der Waals surface area contributed by atoms with E-state index >= 15 is 0 Å². The molecule has 1 rings (SSSR count). The van der Waals surface area contributed by atoms with Crippen molar-refractivity contribution in [3.63, 3.8) is 0 Å². The van der Waals surface area contributed by atoms with Gasteiger partial charge in [0.25, 0.3) is 5.56 Å². The molecule has 1 N–H and O–H groups in total. The summed E-state index contributed by atoms with van der Waals surface area (Å²) in [5.41, 5.74) is -0.139. The zero-order valence-electron chi connectivity index (χ0n) is 9.70. The average Bonchev–Trinajstić information content (AvgIpc) is 2.24. The van der Waals surface area contributed by atoms with Crippen LogP contribution in [0, 0.1) is 6.92 Å². The molecule has 0 aliphatic heterocycles. The Bertz CT molecular complexity index is 427. The Morgan fingerprint density at radius 2 is 2.00 bits per heavy atom. The Labute approximate surface area is 89.3 Å². The second-order valence-corrected chi connectivity index (χ2v) is 2.79. The maximum absolute atomic E-state index is 11.2. The second kappa shape index (κ2) is 6.81. The van der Waals surface area contributed by atoms with Crippen molar-refractivity contribution >= 4 is 0 Å². The molecule has 0 unspecified atom stereocenters. The molecule has 0 bridgehead atoms. The minimum Gasteiger partial charge on any atom is -0.297 e. The molecule has 0 amide bonds. The fraction of sp³-hybridized carbons (Fsp3) is 0.455. The lowest BCUT2D eigenvalue weighted by atomic mass is 10.4. The Morgan fingerprint density at radius 1 is 1.40 bits per heavy atom. The summed E-state index contributed by atoms with van der Waals surface area (Å²) in [5, 5.41) is 0. The van der Waals surface area contributed by atoms with E-state index in [-0.39, 0.29) is 11.2 Å². The first kappa shape index (κ1) is 13.4. The Kier molecular flexibility index (Phi) is 6.09. The highest BCUT2D eigenvalue weighted by Gasteiger charge is 1.97. The predicted octanol–water partition coefficient (Wildman–Crippen LogP) is 1.45. The molecule has 0 atom stereocenters. The Balaban J connectivity index is 0.000000921. The van der Waals surface area contributed by atoms with E-state index in [1.807, 2.05) is 32.9 Å². The lowest BCUT2D eigenvalue weighted by Crippen LogP contribution is -2.30. The van der Waals surface area contributed by atoms with Crippen LogP contribution >= 0.6 is 0 Å². The van der Waals surface area contributed by atoms with Crippen LogP contribution in [0.3, 0.4) is 0 Å². The van der Waals surface area contributed by atoms with E-state index in [4.69, 9.17) is 0 Å². The van der Waals surface area contributed by atoms with Crippen LogP contribution in [-0.2, 0) is 6.54 Å². The van der Waals surface area contributed by atoms with Gasteiger partial charge in [0.2, 0.25) is 0 Å². The number of hydrogen-bond acceptors (Lipinski definition) is 2. The maximum atomic E-state index is 11.2. The van der Waals surface area contributed by atoms with Crippen molar-refractivity contribution in [2.75, 3.05) is 0 Å². The van der Waals surface area contributed by atoms with Crippen LogP contribution in [0.2, 0.25) is 0 Å². The molecule has 0 fully saturated rings. The number of nitrogens with zero attached hydrogens (tertiary/aromatic N) is 1. The van der Waals surface area contributed by atoms with Crippen molar-refractivity contribution < 1.29 is 0 Å². The standard InChI is InChI=1S/C9H12N2O2.C2H6/c1-3-4-5-11-6-7(2)8(12)10-9(11)13;1-2/h3-4,6H,5H2,1-2H3,(H,10,12,13);1-2H3/b4-3+;. The summed E-state index contributed by atoms with van der Waals surface area (Å²) in [6, 6.07) is 0. The van der Waals surface area contributed by atoms with Gasteiger partial charge >= 0.3 is 5.69 Å². The van der Waals surface area contributed by atoms with E-state index in [0.717, 1.165) is 0 Å². The molecule has 0 aromatic carbocycles. The van der Waals surface area contributed by atoms with Gasteiger partial charge in [-0.2, -0.15) is 0 Å². The van der Waals surface area contributed by atoms with Crippen LogP contribution in [-0.4, -0.2) is 9.55 Å². The molecule has 84 valence electrons. The molecule has 0 saturated heterocycles. The lowest BCUT2D eigenvalue weighted by Gasteiger charge is -2.00. The molecule has 1 aromatic rings. The van der Waals surface area contributed by atoms with Crippen LogP contribution in [0.1, 0.15) is 26.3 Å². The van der Waals surface area contributed by atoms with Crippen LogP contribution in [0.25, 0.3) is 0 Å². The molecule has 0 radical (unpaired) electrons. The molecular weight excluding hydrogens is 192 g/mol. The van der Waals surface area contributed by atoms with Gasteiger partial charge in [-0.15, -0.1) is 0 Å². The number of aryl methyl sites for hydroxylation is 1. The summed E-state index contributed by atoms with van der Waals surface area (Å²) in [4.78, 5) is 24.4. The zero-order chi connectivity index (χ0) is 11.8. The SMILES string of the molecule is C/C=C/Cn1cc(C)c(=O)[nH]c1=O.CC. The van der Waals surface area contributed by atoms with E-state index < -0.39 is 0 Å². The van der Waals surface area contributed by atoms with Gasteiger partial charge in [-0.1, -0.05) is 26.0 Å². The molecule has 0 aliphatic rings. The molecule has 0 aliphatic carbocycles. The van der Waals surface area contributed by atoms with Gasteiger partial charge in [-0.25, -0.2) is 4.79 Å². The smallest absolute Gasteiger partial charge is 0.297 e. The first-order chi connectivity index (χ1) is 7.15. The highest BCUT2D eigenvalue weighted by molar-refractivity contribution is 5.01. The summed E-state index contributed by atoms with van der Waals surface area (Å²) in [7, 11) is 0. The average molecular weight is 210 g/mol. The van der Waals surface area contributed by atoms with Crippen molar-refractivity contribution in [1.29, 1.82) is 0 Å². The summed E-state index contributed by atoms with van der Waals surface area (Å²) in [6.07, 6.45) is 5.26. The van der Waals surface area contributed by atoms with Crippen molar-refractivity contribution in [2.45, 2.75) is 34.2 Å². The third-order valence-corrected chi connectivity index (χ3v) is 1.73. The summed E-state index contributed by atoms with van der Waals surface area (Å²) in [5.74, 6) is 0. The third-order valence-electron chi connectivity index (χ3n) is 1.73. The maximum Gasteiger partial charge on any atom is 0.328 e. The first-order valence-corrected chi connectivity index (χ1v) is 5.06. The van der Waals surface area contributed by atoms with Gasteiger partial charge in [0.15, 0.2) is 0 Å². The highest BCUT2D eigenvalue weighted by atomic mass is 16.2. The van der Waals surface area contributed by atoms with Gasteiger partial charge in [0, 0.05) is 18.3 Å². The molecule has 15 heavy (non-hydrogen) atoms. The normalized spacial score (nSPS) is 9.87. The van der Waals surface area contributed by atoms with Gasteiger partial charge in [-0.3, -0.25) is 14.3 Å². The van der Waals surface area contributed by atoms with E-state index in [2.05, 4.69) is 4.98 Å². The van der Waals surface area contributed by atoms with Gasteiger partial charge < -0.3 is 0 Å². The summed E-state index contributed by atoms with van der Waals surface area (Å²) in [6.45, 7) is 8.04. The number of aromatic nitrogens is 2. The number of allylic oxidation sites excluding steroid dienone is 2. The second-order valence-electron chi connectivity index (χ2n) is 2.79. The largest absolute Gasteiger partial charge is 0.328 e. The van der Waals surface area contributed by atoms with E-state index in [0.29, 0.717) is 12.1 Å².